The molecule has 0 saturated carbocycles. The average Bonchev–Trinajstić information content (AvgIpc) is 2.81. The standard InChI is InChI=1S/C14H24O7/c1-12(2)18-9-7-17-14(8-16-6-5-15)11(10(9)19-12)20-13(3,4)21-14/h9-11,15H,5-8H2,1-4H3. The van der Waals surface area contributed by atoms with Gasteiger partial charge in [0.25, 0.3) is 0 Å². The van der Waals surface area contributed by atoms with Crippen molar-refractivity contribution in [1.29, 1.82) is 0 Å². The van der Waals surface area contributed by atoms with Crippen LogP contribution in [0.5, 0.6) is 0 Å². The Morgan fingerprint density at radius 1 is 1.10 bits per heavy atom. The molecule has 3 fully saturated rings. The molecule has 21 heavy (non-hydrogen) atoms. The summed E-state index contributed by atoms with van der Waals surface area (Å²) >= 11 is 0. The van der Waals surface area contributed by atoms with E-state index in [2.05, 4.69) is 0 Å². The van der Waals surface area contributed by atoms with Crippen molar-refractivity contribution in [2.45, 2.75) is 63.4 Å². The highest BCUT2D eigenvalue weighted by molar-refractivity contribution is 5.03. The molecule has 3 aliphatic heterocycles. The highest BCUT2D eigenvalue weighted by Gasteiger charge is 2.65. The van der Waals surface area contributed by atoms with Gasteiger partial charge in [0.2, 0.25) is 5.79 Å². The Morgan fingerprint density at radius 2 is 1.86 bits per heavy atom. The maximum atomic E-state index is 8.87. The Balaban J connectivity index is 1.81. The predicted octanol–water partition coefficient (Wildman–Crippen LogP) is 0.393. The molecule has 122 valence electrons. The van der Waals surface area contributed by atoms with Crippen LogP contribution in [0.1, 0.15) is 27.7 Å². The largest absolute Gasteiger partial charge is 0.394 e. The molecule has 7 nitrogen and oxygen atoms in total. The Bertz CT molecular complexity index is 397. The Morgan fingerprint density at radius 3 is 2.57 bits per heavy atom. The van der Waals surface area contributed by atoms with E-state index < -0.39 is 23.5 Å². The molecule has 1 N–H and O–H groups in total. The van der Waals surface area contributed by atoms with Gasteiger partial charge < -0.3 is 33.5 Å². The molecule has 3 heterocycles. The third kappa shape index (κ3) is 2.84. The molecular formula is C14H24O7. The van der Waals surface area contributed by atoms with Gasteiger partial charge in [-0.25, -0.2) is 0 Å². The van der Waals surface area contributed by atoms with Crippen molar-refractivity contribution < 1.29 is 33.5 Å². The number of rotatable bonds is 4. The third-order valence-electron chi connectivity index (χ3n) is 3.81. The molecule has 3 aliphatic rings. The molecule has 0 radical (unpaired) electrons. The summed E-state index contributed by atoms with van der Waals surface area (Å²) in [4.78, 5) is 0. The lowest BCUT2D eigenvalue weighted by Gasteiger charge is -2.40. The first kappa shape index (κ1) is 15.6. The minimum atomic E-state index is -1.02. The van der Waals surface area contributed by atoms with Gasteiger partial charge in [-0.1, -0.05) is 0 Å². The minimum Gasteiger partial charge on any atom is -0.394 e. The second-order valence-electron chi connectivity index (χ2n) is 6.58. The van der Waals surface area contributed by atoms with Crippen LogP contribution in [0.15, 0.2) is 0 Å². The van der Waals surface area contributed by atoms with E-state index in [0.29, 0.717) is 6.61 Å². The van der Waals surface area contributed by atoms with Crippen LogP contribution in [0.3, 0.4) is 0 Å². The molecule has 0 amide bonds. The highest BCUT2D eigenvalue weighted by Crippen LogP contribution is 2.47. The summed E-state index contributed by atoms with van der Waals surface area (Å²) in [5.74, 6) is -2.49. The number of aliphatic hydroxyl groups is 1. The second kappa shape index (κ2) is 5.13. The van der Waals surface area contributed by atoms with Crippen LogP contribution in [0.4, 0.5) is 0 Å². The third-order valence-corrected chi connectivity index (χ3v) is 3.81. The van der Waals surface area contributed by atoms with Crippen LogP contribution < -0.4 is 0 Å². The molecule has 4 unspecified atom stereocenters. The fraction of sp³-hybridized carbons (Fsp3) is 1.00. The van der Waals surface area contributed by atoms with Gasteiger partial charge >= 0.3 is 0 Å². The maximum absolute atomic E-state index is 8.87. The van der Waals surface area contributed by atoms with Crippen LogP contribution >= 0.6 is 0 Å². The summed E-state index contributed by atoms with van der Waals surface area (Å²) in [6.45, 7) is 8.10. The minimum absolute atomic E-state index is 0.0519. The van der Waals surface area contributed by atoms with E-state index >= 15 is 0 Å². The molecule has 0 spiro atoms. The second-order valence-corrected chi connectivity index (χ2v) is 6.58. The quantitative estimate of drug-likeness (QED) is 0.753. The molecule has 0 aromatic heterocycles. The van der Waals surface area contributed by atoms with Crippen LogP contribution in [-0.4, -0.2) is 67.2 Å². The molecule has 0 aliphatic carbocycles. The zero-order chi connectivity index (χ0) is 15.3. The summed E-state index contributed by atoms with van der Waals surface area (Å²) in [7, 11) is 0. The summed E-state index contributed by atoms with van der Waals surface area (Å²) in [6, 6.07) is 0. The van der Waals surface area contributed by atoms with Crippen molar-refractivity contribution in [3.05, 3.63) is 0 Å². The van der Waals surface area contributed by atoms with E-state index in [-0.39, 0.29) is 32.0 Å². The molecule has 7 heteroatoms. The molecule has 0 aromatic carbocycles. The fourth-order valence-electron chi connectivity index (χ4n) is 3.23. The van der Waals surface area contributed by atoms with Gasteiger partial charge in [-0.3, -0.25) is 0 Å². The van der Waals surface area contributed by atoms with Gasteiger partial charge in [-0.05, 0) is 27.7 Å². The summed E-state index contributed by atoms with van der Waals surface area (Å²) < 4.78 is 35.2. The van der Waals surface area contributed by atoms with Crippen molar-refractivity contribution in [3.63, 3.8) is 0 Å². The summed E-state index contributed by atoms with van der Waals surface area (Å²) in [6.07, 6.45) is -0.895. The number of hydrogen-bond acceptors (Lipinski definition) is 7. The Labute approximate surface area is 124 Å². The zero-order valence-corrected chi connectivity index (χ0v) is 13.0. The average molecular weight is 304 g/mol. The SMILES string of the molecule is CC1(C)OC2COC3(COCCO)OC(C)(C)OC3C2O1. The van der Waals surface area contributed by atoms with Crippen LogP contribution in [-0.2, 0) is 28.4 Å². The lowest BCUT2D eigenvalue weighted by atomic mass is 9.97. The van der Waals surface area contributed by atoms with Gasteiger partial charge in [-0.2, -0.15) is 0 Å². The van der Waals surface area contributed by atoms with Gasteiger partial charge in [-0.15, -0.1) is 0 Å². The van der Waals surface area contributed by atoms with Gasteiger partial charge in [0.05, 0.1) is 19.8 Å². The van der Waals surface area contributed by atoms with Gasteiger partial charge in [0, 0.05) is 0 Å². The van der Waals surface area contributed by atoms with E-state index in [1.807, 2.05) is 27.7 Å². The molecule has 0 aromatic rings. The number of aliphatic hydroxyl groups excluding tert-OH is 1. The van der Waals surface area contributed by atoms with Crippen molar-refractivity contribution in [1.82, 2.24) is 0 Å². The normalized spacial score (nSPS) is 43.6. The monoisotopic (exact) mass is 304 g/mol. The first-order chi connectivity index (χ1) is 9.77. The first-order valence-electron chi connectivity index (χ1n) is 7.33. The van der Waals surface area contributed by atoms with E-state index in [4.69, 9.17) is 33.5 Å². The smallest absolute Gasteiger partial charge is 0.224 e. The summed E-state index contributed by atoms with van der Waals surface area (Å²) in [5, 5.41) is 8.87. The Hall–Kier alpha value is -0.280. The van der Waals surface area contributed by atoms with Crippen molar-refractivity contribution in [2.75, 3.05) is 26.4 Å². The lowest BCUT2D eigenvalue weighted by Crippen LogP contribution is -2.60. The number of fused-ring (bicyclic) bond motifs is 3. The van der Waals surface area contributed by atoms with E-state index in [1.54, 1.807) is 0 Å². The lowest BCUT2D eigenvalue weighted by molar-refractivity contribution is -0.299. The highest BCUT2D eigenvalue weighted by atomic mass is 16.9. The molecule has 4 atom stereocenters. The topological polar surface area (TPSA) is 75.6 Å². The molecule has 3 saturated heterocycles. The predicted molar refractivity (Wildman–Crippen MR) is 70.4 cm³/mol. The molecule has 3 rings (SSSR count). The van der Waals surface area contributed by atoms with Gasteiger partial charge in [0.15, 0.2) is 11.6 Å². The Kier molecular flexibility index (Phi) is 3.81. The van der Waals surface area contributed by atoms with Crippen molar-refractivity contribution in [2.24, 2.45) is 0 Å². The summed E-state index contributed by atoms with van der Waals surface area (Å²) in [5.41, 5.74) is 0. The van der Waals surface area contributed by atoms with Crippen molar-refractivity contribution in [3.8, 4) is 0 Å². The van der Waals surface area contributed by atoms with Crippen LogP contribution in [0.2, 0.25) is 0 Å². The molecular weight excluding hydrogens is 280 g/mol. The van der Waals surface area contributed by atoms with E-state index in [0.717, 1.165) is 0 Å². The number of hydrogen-bond donors (Lipinski definition) is 1. The fourth-order valence-corrected chi connectivity index (χ4v) is 3.23. The van der Waals surface area contributed by atoms with Crippen LogP contribution in [0.25, 0.3) is 0 Å². The van der Waals surface area contributed by atoms with E-state index in [9.17, 15) is 0 Å². The van der Waals surface area contributed by atoms with E-state index in [1.165, 1.54) is 0 Å². The molecule has 0 bridgehead atoms. The zero-order valence-electron chi connectivity index (χ0n) is 13.0. The van der Waals surface area contributed by atoms with Crippen molar-refractivity contribution >= 4 is 0 Å². The number of ether oxygens (including phenoxy) is 6. The first-order valence-corrected chi connectivity index (χ1v) is 7.33. The maximum Gasteiger partial charge on any atom is 0.224 e. The van der Waals surface area contributed by atoms with Gasteiger partial charge in [0.1, 0.15) is 24.9 Å². The van der Waals surface area contributed by atoms with Crippen LogP contribution in [0, 0.1) is 0 Å².